The van der Waals surface area contributed by atoms with Gasteiger partial charge in [0.2, 0.25) is 11.8 Å². The van der Waals surface area contributed by atoms with Crippen LogP contribution in [0.4, 0.5) is 5.69 Å². The van der Waals surface area contributed by atoms with Crippen LogP contribution in [0.1, 0.15) is 27.4 Å². The fraction of sp³-hybridized carbons (Fsp3) is 0.111. The molecule has 5 aromatic rings. The Morgan fingerprint density at radius 2 is 1.79 bits per heavy atom. The van der Waals surface area contributed by atoms with Crippen molar-refractivity contribution in [1.29, 1.82) is 0 Å². The fourth-order valence-corrected chi connectivity index (χ4v) is 3.82. The molecule has 0 saturated carbocycles. The van der Waals surface area contributed by atoms with Crippen LogP contribution in [0.2, 0.25) is 0 Å². The Morgan fingerprint density at radius 1 is 0.971 bits per heavy atom. The van der Waals surface area contributed by atoms with Crippen molar-refractivity contribution < 1.29 is 9.21 Å². The minimum Gasteiger partial charge on any atom is -0.421 e. The van der Waals surface area contributed by atoms with Gasteiger partial charge in [-0.2, -0.15) is 0 Å². The van der Waals surface area contributed by atoms with Gasteiger partial charge in [-0.15, -0.1) is 10.2 Å². The van der Waals surface area contributed by atoms with E-state index >= 15 is 0 Å². The normalized spacial score (nSPS) is 10.9. The van der Waals surface area contributed by atoms with E-state index in [1.54, 1.807) is 19.4 Å². The van der Waals surface area contributed by atoms with Crippen LogP contribution in [0.25, 0.3) is 22.6 Å². The number of hydrogen-bond donors (Lipinski definition) is 1. The van der Waals surface area contributed by atoms with E-state index in [1.165, 1.54) is 0 Å². The van der Waals surface area contributed by atoms with Crippen molar-refractivity contribution in [2.75, 3.05) is 5.32 Å². The molecule has 0 saturated heterocycles. The largest absolute Gasteiger partial charge is 0.421 e. The van der Waals surface area contributed by atoms with E-state index in [2.05, 4.69) is 27.4 Å². The van der Waals surface area contributed by atoms with Crippen molar-refractivity contribution in [1.82, 2.24) is 19.7 Å². The number of aryl methyl sites for hydroxylation is 2. The van der Waals surface area contributed by atoms with Crippen LogP contribution in [-0.4, -0.2) is 25.7 Å². The standard InChI is InChI=1S/C27H23N5O2/c1-18-6-7-23(27-31-30-19(2)34-27)15-25(18)21-8-10-22(11-9-21)26(33)29-24-5-3-4-20(14-24)16-32-13-12-28-17-32/h3-15,17H,16H2,1-2H3,(H,29,33). The van der Waals surface area contributed by atoms with Crippen LogP contribution < -0.4 is 5.32 Å². The lowest BCUT2D eigenvalue weighted by atomic mass is 9.97. The first-order valence-corrected chi connectivity index (χ1v) is 10.9. The van der Waals surface area contributed by atoms with Gasteiger partial charge in [-0.25, -0.2) is 4.98 Å². The van der Waals surface area contributed by atoms with Gasteiger partial charge < -0.3 is 14.3 Å². The van der Waals surface area contributed by atoms with E-state index in [9.17, 15) is 4.79 Å². The minimum absolute atomic E-state index is 0.155. The van der Waals surface area contributed by atoms with Gasteiger partial charge in [-0.3, -0.25) is 4.79 Å². The van der Waals surface area contributed by atoms with Crippen LogP contribution in [0.5, 0.6) is 0 Å². The quantitative estimate of drug-likeness (QED) is 0.369. The summed E-state index contributed by atoms with van der Waals surface area (Å²) >= 11 is 0. The van der Waals surface area contributed by atoms with E-state index in [-0.39, 0.29) is 5.91 Å². The Morgan fingerprint density at radius 3 is 2.53 bits per heavy atom. The molecular formula is C27H23N5O2. The summed E-state index contributed by atoms with van der Waals surface area (Å²) in [6.45, 7) is 4.51. The molecule has 2 heterocycles. The number of rotatable bonds is 6. The van der Waals surface area contributed by atoms with E-state index < -0.39 is 0 Å². The number of anilines is 1. The molecule has 0 atom stereocenters. The molecule has 7 heteroatoms. The van der Waals surface area contributed by atoms with Crippen molar-refractivity contribution in [2.45, 2.75) is 20.4 Å². The molecule has 34 heavy (non-hydrogen) atoms. The molecule has 0 bridgehead atoms. The molecule has 0 aliphatic rings. The van der Waals surface area contributed by atoms with Gasteiger partial charge >= 0.3 is 0 Å². The van der Waals surface area contributed by atoms with Gasteiger partial charge in [0.05, 0.1) is 6.33 Å². The Bertz CT molecular complexity index is 1440. The third kappa shape index (κ3) is 4.63. The smallest absolute Gasteiger partial charge is 0.255 e. The highest BCUT2D eigenvalue weighted by Gasteiger charge is 2.11. The lowest BCUT2D eigenvalue weighted by Crippen LogP contribution is -2.12. The van der Waals surface area contributed by atoms with Crippen molar-refractivity contribution >= 4 is 11.6 Å². The first-order valence-electron chi connectivity index (χ1n) is 10.9. The molecule has 0 fully saturated rings. The Hall–Kier alpha value is -4.52. The molecule has 0 aliphatic carbocycles. The minimum atomic E-state index is -0.155. The molecule has 5 rings (SSSR count). The SMILES string of the molecule is Cc1nnc(-c2ccc(C)c(-c3ccc(C(=O)Nc4cccc(Cn5ccnc5)c4)cc3)c2)o1. The van der Waals surface area contributed by atoms with Crippen LogP contribution >= 0.6 is 0 Å². The molecule has 1 amide bonds. The maximum atomic E-state index is 12.8. The Balaban J connectivity index is 1.32. The predicted molar refractivity (Wildman–Crippen MR) is 130 cm³/mol. The van der Waals surface area contributed by atoms with Gasteiger partial charge in [0.1, 0.15) is 0 Å². The summed E-state index contributed by atoms with van der Waals surface area (Å²) in [5.74, 6) is 0.864. The lowest BCUT2D eigenvalue weighted by molar-refractivity contribution is 0.102. The molecule has 0 spiro atoms. The summed E-state index contributed by atoms with van der Waals surface area (Å²) in [5, 5.41) is 11.0. The molecule has 0 unspecified atom stereocenters. The van der Waals surface area contributed by atoms with Crippen molar-refractivity contribution in [3.05, 3.63) is 108 Å². The maximum Gasteiger partial charge on any atom is 0.255 e. The summed E-state index contributed by atoms with van der Waals surface area (Å²) in [7, 11) is 0. The second-order valence-corrected chi connectivity index (χ2v) is 8.12. The molecule has 7 nitrogen and oxygen atoms in total. The Labute approximate surface area is 197 Å². The summed E-state index contributed by atoms with van der Waals surface area (Å²) in [5.41, 5.74) is 6.46. The van der Waals surface area contributed by atoms with E-state index in [0.29, 0.717) is 23.9 Å². The van der Waals surface area contributed by atoms with Crippen LogP contribution in [0.3, 0.4) is 0 Å². The zero-order chi connectivity index (χ0) is 23.5. The highest BCUT2D eigenvalue weighted by atomic mass is 16.4. The molecule has 0 aliphatic heterocycles. The first kappa shape index (κ1) is 21.3. The van der Waals surface area contributed by atoms with E-state index in [0.717, 1.165) is 33.5 Å². The summed E-state index contributed by atoms with van der Waals surface area (Å²) < 4.78 is 7.55. The maximum absolute atomic E-state index is 12.8. The number of imidazole rings is 1. The average molecular weight is 450 g/mol. The predicted octanol–water partition coefficient (Wildman–Crippen LogP) is 5.52. The molecule has 1 N–H and O–H groups in total. The Kier molecular flexibility index (Phi) is 5.74. The zero-order valence-corrected chi connectivity index (χ0v) is 18.9. The summed E-state index contributed by atoms with van der Waals surface area (Å²) in [6, 6.07) is 21.4. The molecule has 2 aromatic heterocycles. The molecule has 0 radical (unpaired) electrons. The number of amides is 1. The lowest BCUT2D eigenvalue weighted by Gasteiger charge is -2.10. The summed E-state index contributed by atoms with van der Waals surface area (Å²) in [6.07, 6.45) is 5.43. The van der Waals surface area contributed by atoms with E-state index in [4.69, 9.17) is 4.42 Å². The van der Waals surface area contributed by atoms with Crippen molar-refractivity contribution in [3.63, 3.8) is 0 Å². The zero-order valence-electron chi connectivity index (χ0n) is 18.9. The topological polar surface area (TPSA) is 85.8 Å². The average Bonchev–Trinajstić information content (AvgIpc) is 3.51. The number of benzene rings is 3. The number of carbonyl (C=O) groups excluding carboxylic acids is 1. The van der Waals surface area contributed by atoms with Crippen molar-refractivity contribution in [3.8, 4) is 22.6 Å². The van der Waals surface area contributed by atoms with Gasteiger partial charge in [-0.05, 0) is 65.6 Å². The van der Waals surface area contributed by atoms with Crippen LogP contribution in [0, 0.1) is 13.8 Å². The van der Waals surface area contributed by atoms with E-state index in [1.807, 2.05) is 77.5 Å². The van der Waals surface area contributed by atoms with Crippen LogP contribution in [-0.2, 0) is 6.54 Å². The van der Waals surface area contributed by atoms with Crippen LogP contribution in [0.15, 0.2) is 89.9 Å². The number of carbonyl (C=O) groups is 1. The number of aromatic nitrogens is 4. The first-order chi connectivity index (χ1) is 16.5. The summed E-state index contributed by atoms with van der Waals surface area (Å²) in [4.78, 5) is 16.9. The third-order valence-corrected chi connectivity index (χ3v) is 5.58. The van der Waals surface area contributed by atoms with Crippen molar-refractivity contribution in [2.24, 2.45) is 0 Å². The van der Waals surface area contributed by atoms with Gasteiger partial charge in [-0.1, -0.05) is 30.3 Å². The molecule has 168 valence electrons. The third-order valence-electron chi connectivity index (χ3n) is 5.58. The fourth-order valence-electron chi connectivity index (χ4n) is 3.82. The second-order valence-electron chi connectivity index (χ2n) is 8.12. The number of nitrogens with zero attached hydrogens (tertiary/aromatic N) is 4. The number of nitrogens with one attached hydrogen (secondary N) is 1. The number of hydrogen-bond acceptors (Lipinski definition) is 5. The second kappa shape index (κ2) is 9.15. The van der Waals surface area contributed by atoms with Gasteiger partial charge in [0, 0.05) is 42.7 Å². The highest BCUT2D eigenvalue weighted by molar-refractivity contribution is 6.04. The monoisotopic (exact) mass is 449 g/mol. The molecular weight excluding hydrogens is 426 g/mol. The highest BCUT2D eigenvalue weighted by Crippen LogP contribution is 2.29. The molecule has 3 aromatic carbocycles. The van der Waals surface area contributed by atoms with Gasteiger partial charge in [0.25, 0.3) is 5.91 Å². The van der Waals surface area contributed by atoms with Gasteiger partial charge in [0.15, 0.2) is 0 Å².